The first-order valence-corrected chi connectivity index (χ1v) is 38.5. The van der Waals surface area contributed by atoms with Crippen molar-refractivity contribution in [3.05, 3.63) is 54.2 Å². The minimum absolute atomic E-state index is 0. The molecular formula is C71H112Cl2N24O18S. The van der Waals surface area contributed by atoms with Crippen molar-refractivity contribution < 1.29 is 86.3 Å². The van der Waals surface area contributed by atoms with Crippen LogP contribution in [0.1, 0.15) is 137 Å². The highest BCUT2D eigenvalue weighted by molar-refractivity contribution is 7.98. The third-order valence-electron chi connectivity index (χ3n) is 17.8. The molecule has 644 valence electrons. The van der Waals surface area contributed by atoms with Crippen LogP contribution >= 0.6 is 36.6 Å². The normalized spacial score (nSPS) is 15.1. The van der Waals surface area contributed by atoms with Crippen molar-refractivity contribution in [2.75, 3.05) is 31.6 Å². The summed E-state index contributed by atoms with van der Waals surface area (Å²) < 4.78 is 0. The number of rotatable bonds is 51. The van der Waals surface area contributed by atoms with Gasteiger partial charge in [0.15, 0.2) is 5.96 Å². The standard InChI is InChI=1S/C71H110N24O18S.2ClH/c1-34(2)24-47(92-62(105)43(14-11-22-79-71(76)77)89-64(107)45(15-18-52(72)96)90-63(106)44-17-20-55(99)85-44)61(104)81-31-56(100)87-51(28-54(74)98)69(112)91-46(16-19-53(73)97)65(108)94-49(26-38-29-80-41-13-10-9-12-40(38)41)66(109)84-37(7)60(103)95-58(36(5)6)70(113)82-32-57(101)86-50(27-39-30-78-33-83-39)68(111)93-48(25-35(3)4)67(110)88-42(59(75)102)21-23-114-8;;/h9-10,12-13,29-30,33-37,42-51,58,80H,11,14-28,31-32H2,1-8H3,(H2,72,96)(H2,73,97)(H2,74,98)(H2,75,102)(H,78,83)(H,81,104)(H,82,113)(H,84,109)(H,85,99)(H,86,101)(H,87,100)(H,88,110)(H,89,107)(H,90,106)(H,91,112)(H,92,105)(H,93,111)(H,94,108)(H,95,103)(H4,76,77,79);2*1H/t37-,42-,43-,44-,45-,46-,47-,48-,49-,50-,51-,58-;;/m0../s1. The number of hydrogen-bond acceptors (Lipinski definition) is 21. The predicted molar refractivity (Wildman–Crippen MR) is 429 cm³/mol. The van der Waals surface area contributed by atoms with Gasteiger partial charge in [-0.05, 0) is 99.7 Å². The molecule has 116 heavy (non-hydrogen) atoms. The van der Waals surface area contributed by atoms with Crippen LogP contribution in [0.5, 0.6) is 0 Å². The lowest BCUT2D eigenvalue weighted by Crippen LogP contribution is -2.60. The van der Waals surface area contributed by atoms with Crippen LogP contribution in [-0.2, 0) is 99.1 Å². The maximum Gasteiger partial charge on any atom is 0.243 e. The summed E-state index contributed by atoms with van der Waals surface area (Å²) in [5, 5.41) is 45.7. The number of H-pyrrole nitrogens is 2. The highest BCUT2D eigenvalue weighted by Gasteiger charge is 2.38. The van der Waals surface area contributed by atoms with Crippen LogP contribution in [0.3, 0.4) is 0 Å². The van der Waals surface area contributed by atoms with E-state index in [9.17, 15) is 86.3 Å². The Hall–Kier alpha value is -11.4. The van der Waals surface area contributed by atoms with Gasteiger partial charge in [0.25, 0.3) is 0 Å². The summed E-state index contributed by atoms with van der Waals surface area (Å²) in [6.45, 7) is 9.82. The fraction of sp³-hybridized carbons (Fsp3) is 0.577. The molecule has 0 saturated carbocycles. The summed E-state index contributed by atoms with van der Waals surface area (Å²) in [6, 6.07) is -10.1. The maximum atomic E-state index is 14.6. The van der Waals surface area contributed by atoms with E-state index in [4.69, 9.17) is 34.1 Å². The largest absolute Gasteiger partial charge is 0.370 e. The zero-order chi connectivity index (χ0) is 85.1. The van der Waals surface area contributed by atoms with Gasteiger partial charge in [-0.15, -0.1) is 24.8 Å². The number of thioether (sulfide) groups is 1. The topological polar surface area (TPSA) is 686 Å². The molecule has 18 amide bonds. The molecule has 42 nitrogen and oxygen atoms in total. The second-order valence-electron chi connectivity index (χ2n) is 28.7. The second-order valence-corrected chi connectivity index (χ2v) is 29.7. The molecule has 0 bridgehead atoms. The van der Waals surface area contributed by atoms with Gasteiger partial charge in [-0.1, -0.05) is 59.7 Å². The molecular weight excluding hydrogens is 1580 g/mol. The molecule has 3 heterocycles. The molecule has 2 aromatic heterocycles. The fourth-order valence-electron chi connectivity index (χ4n) is 11.8. The number of nitrogens with zero attached hydrogens (tertiary/aromatic N) is 1. The molecule has 0 radical (unpaired) electrons. The van der Waals surface area contributed by atoms with E-state index in [0.29, 0.717) is 27.9 Å². The van der Waals surface area contributed by atoms with Gasteiger partial charge in [0.05, 0.1) is 25.8 Å². The number of hydrogen-bond donors (Lipinski definition) is 23. The van der Waals surface area contributed by atoms with E-state index >= 15 is 0 Å². The fourth-order valence-corrected chi connectivity index (χ4v) is 12.2. The number of primary amides is 4. The molecule has 1 aromatic carbocycles. The minimum Gasteiger partial charge on any atom is -0.370 e. The molecule has 0 spiro atoms. The van der Waals surface area contributed by atoms with Crippen molar-refractivity contribution in [2.24, 2.45) is 46.4 Å². The van der Waals surface area contributed by atoms with E-state index in [2.05, 4.69) is 94.7 Å². The van der Waals surface area contributed by atoms with Gasteiger partial charge in [0, 0.05) is 67.6 Å². The summed E-state index contributed by atoms with van der Waals surface area (Å²) in [7, 11) is 0. The number of imidazole rings is 1. The lowest BCUT2D eigenvalue weighted by atomic mass is 10.0. The number of amides is 18. The van der Waals surface area contributed by atoms with Crippen molar-refractivity contribution in [1.29, 1.82) is 5.41 Å². The molecule has 28 N–H and O–H groups in total. The Morgan fingerprint density at radius 3 is 1.53 bits per heavy atom. The average Bonchev–Trinajstić information content (AvgIpc) is 1.65. The molecule has 0 aliphatic carbocycles. The van der Waals surface area contributed by atoms with Crippen molar-refractivity contribution in [3.8, 4) is 0 Å². The molecule has 1 aliphatic heterocycles. The predicted octanol–water partition coefficient (Wildman–Crippen LogP) is -5.96. The average molecular weight is 1690 g/mol. The van der Waals surface area contributed by atoms with E-state index < -0.39 is 223 Å². The van der Waals surface area contributed by atoms with Gasteiger partial charge < -0.3 is 118 Å². The molecule has 0 unspecified atom stereocenters. The van der Waals surface area contributed by atoms with Gasteiger partial charge in [0.2, 0.25) is 106 Å². The molecule has 3 aromatic rings. The number of halogens is 2. The number of aromatic amines is 2. The van der Waals surface area contributed by atoms with Crippen LogP contribution < -0.4 is 108 Å². The number of nitrogens with two attached hydrogens (primary N) is 5. The zero-order valence-electron chi connectivity index (χ0n) is 65.8. The Morgan fingerprint density at radius 2 is 1.02 bits per heavy atom. The van der Waals surface area contributed by atoms with Gasteiger partial charge in [-0.2, -0.15) is 11.8 Å². The van der Waals surface area contributed by atoms with Crippen molar-refractivity contribution in [3.63, 3.8) is 0 Å². The lowest BCUT2D eigenvalue weighted by Gasteiger charge is -2.27. The van der Waals surface area contributed by atoms with Gasteiger partial charge in [-0.3, -0.25) is 91.7 Å². The van der Waals surface area contributed by atoms with E-state index in [1.165, 1.54) is 31.2 Å². The van der Waals surface area contributed by atoms with Crippen molar-refractivity contribution in [2.45, 2.75) is 211 Å². The first-order valence-electron chi connectivity index (χ1n) is 37.2. The smallest absolute Gasteiger partial charge is 0.243 e. The van der Waals surface area contributed by atoms with Crippen LogP contribution in [0, 0.1) is 23.2 Å². The SMILES string of the molecule is CSCC[C@H](NC(=O)[C@H](CC(C)C)NC(=O)[C@H](Cc1cnc[nH]1)NC(=O)CNC(=O)[C@@H](NC(=O)[C@H](C)NC(=O)[C@H](Cc1c[nH]c2ccccc12)NC(=O)[C@H](CCC(N)=O)NC(=O)[C@H](CC(N)=O)NC(=O)CNC(=O)[C@H](CC(C)C)NC(=O)[C@H](CCCNC(=N)N)NC(=O)[C@H](CCC(N)=O)NC(=O)[C@@H]1CCC(=O)N1)C(C)C)C(N)=O.Cl.Cl. The van der Waals surface area contributed by atoms with Gasteiger partial charge >= 0.3 is 0 Å². The van der Waals surface area contributed by atoms with Crippen molar-refractivity contribution >= 4 is 160 Å². The summed E-state index contributed by atoms with van der Waals surface area (Å²) in [4.78, 5) is 252. The number of carbonyl (C=O) groups is 18. The van der Waals surface area contributed by atoms with E-state index in [-0.39, 0.29) is 114 Å². The van der Waals surface area contributed by atoms with Crippen LogP contribution in [0.2, 0.25) is 0 Å². The number of nitrogens with one attached hydrogen (secondary N) is 18. The molecule has 1 aliphatic rings. The highest BCUT2D eigenvalue weighted by atomic mass is 35.5. The second kappa shape index (κ2) is 50.8. The number of carbonyl (C=O) groups excluding carboxylic acids is 18. The van der Waals surface area contributed by atoms with Gasteiger partial charge in [-0.25, -0.2) is 4.98 Å². The quantitative estimate of drug-likeness (QED) is 0.0142. The maximum absolute atomic E-state index is 14.6. The summed E-state index contributed by atoms with van der Waals surface area (Å²) in [6.07, 6.45) is 3.35. The Morgan fingerprint density at radius 1 is 0.526 bits per heavy atom. The summed E-state index contributed by atoms with van der Waals surface area (Å²) in [5.41, 5.74) is 28.9. The number of aromatic nitrogens is 3. The van der Waals surface area contributed by atoms with Crippen LogP contribution in [0.4, 0.5) is 0 Å². The first kappa shape index (κ1) is 101. The third kappa shape index (κ3) is 36.0. The number of guanidine groups is 1. The van der Waals surface area contributed by atoms with Crippen molar-refractivity contribution in [1.82, 2.24) is 94.7 Å². The monoisotopic (exact) mass is 1690 g/mol. The minimum atomic E-state index is -1.89. The van der Waals surface area contributed by atoms with E-state index in [0.717, 1.165) is 0 Å². The van der Waals surface area contributed by atoms with E-state index in [1.54, 1.807) is 58.2 Å². The number of para-hydroxylation sites is 1. The van der Waals surface area contributed by atoms with Crippen LogP contribution in [0.15, 0.2) is 43.0 Å². The Kier molecular flexibility index (Phi) is 44.1. The number of fused-ring (bicyclic) bond motifs is 1. The highest BCUT2D eigenvalue weighted by Crippen LogP contribution is 2.21. The van der Waals surface area contributed by atoms with Crippen LogP contribution in [-0.4, -0.2) is 231 Å². The Bertz CT molecular complexity index is 3920. The number of benzene rings is 1. The third-order valence-corrected chi connectivity index (χ3v) is 18.4. The summed E-state index contributed by atoms with van der Waals surface area (Å²) in [5.74, 6) is -17.3. The first-order chi connectivity index (χ1) is 53.7. The molecule has 45 heteroatoms. The van der Waals surface area contributed by atoms with Crippen LogP contribution in [0.25, 0.3) is 10.9 Å². The Labute approximate surface area is 686 Å². The molecule has 4 rings (SSSR count). The lowest BCUT2D eigenvalue weighted by molar-refractivity contribution is -0.136. The molecule has 12 atom stereocenters. The Balaban J connectivity index is 0.0000228. The van der Waals surface area contributed by atoms with E-state index in [1.807, 2.05) is 20.1 Å². The molecule has 1 saturated heterocycles. The zero-order valence-corrected chi connectivity index (χ0v) is 68.3. The molecule has 1 fully saturated rings. The van der Waals surface area contributed by atoms with Gasteiger partial charge in [0.1, 0.15) is 72.5 Å². The summed E-state index contributed by atoms with van der Waals surface area (Å²) >= 11 is 1.44.